The van der Waals surface area contributed by atoms with Crippen LogP contribution in [0.5, 0.6) is 0 Å². The SMILES string of the molecule is CCOC(=N)c1ccc2[nH]ncc2c1.Cl. The molecule has 0 amide bonds. The topological polar surface area (TPSA) is 61.8 Å². The second-order valence-corrected chi connectivity index (χ2v) is 2.93. The van der Waals surface area contributed by atoms with Crippen LogP contribution in [0.25, 0.3) is 10.9 Å². The summed E-state index contributed by atoms with van der Waals surface area (Å²) in [4.78, 5) is 0. The lowest BCUT2D eigenvalue weighted by atomic mass is 10.1. The number of nitrogens with one attached hydrogen (secondary N) is 2. The zero-order chi connectivity index (χ0) is 9.97. The van der Waals surface area contributed by atoms with Crippen molar-refractivity contribution in [3.05, 3.63) is 30.0 Å². The van der Waals surface area contributed by atoms with Crippen molar-refractivity contribution in [2.75, 3.05) is 6.61 Å². The molecule has 0 bridgehead atoms. The van der Waals surface area contributed by atoms with E-state index in [0.29, 0.717) is 6.61 Å². The number of aromatic nitrogens is 2. The smallest absolute Gasteiger partial charge is 0.213 e. The Hall–Kier alpha value is -1.55. The second kappa shape index (κ2) is 4.79. The van der Waals surface area contributed by atoms with Gasteiger partial charge in [0.2, 0.25) is 5.90 Å². The number of benzene rings is 1. The van der Waals surface area contributed by atoms with E-state index >= 15 is 0 Å². The number of rotatable bonds is 2. The average Bonchev–Trinajstić information content (AvgIpc) is 2.64. The van der Waals surface area contributed by atoms with Crippen LogP contribution in [-0.4, -0.2) is 22.7 Å². The molecule has 1 heterocycles. The molecule has 2 rings (SSSR count). The molecule has 0 atom stereocenters. The van der Waals surface area contributed by atoms with Crippen molar-refractivity contribution in [2.45, 2.75) is 6.92 Å². The third-order valence-electron chi connectivity index (χ3n) is 1.99. The van der Waals surface area contributed by atoms with Crippen LogP contribution in [0.3, 0.4) is 0 Å². The normalized spacial score (nSPS) is 9.67. The van der Waals surface area contributed by atoms with E-state index in [4.69, 9.17) is 10.1 Å². The molecule has 0 fully saturated rings. The summed E-state index contributed by atoms with van der Waals surface area (Å²) in [5, 5.41) is 15.4. The van der Waals surface area contributed by atoms with Gasteiger partial charge in [-0.25, -0.2) is 0 Å². The predicted molar refractivity (Wildman–Crippen MR) is 61.8 cm³/mol. The molecule has 0 aliphatic carbocycles. The van der Waals surface area contributed by atoms with E-state index in [-0.39, 0.29) is 18.3 Å². The number of nitrogens with zero attached hydrogens (tertiary/aromatic N) is 1. The monoisotopic (exact) mass is 225 g/mol. The first kappa shape index (κ1) is 11.5. The molecule has 0 spiro atoms. The van der Waals surface area contributed by atoms with Gasteiger partial charge in [-0.15, -0.1) is 12.4 Å². The minimum Gasteiger partial charge on any atom is -0.478 e. The zero-order valence-electron chi connectivity index (χ0n) is 8.28. The fourth-order valence-corrected chi connectivity index (χ4v) is 1.31. The van der Waals surface area contributed by atoms with Gasteiger partial charge in [0.05, 0.1) is 18.3 Å². The van der Waals surface area contributed by atoms with E-state index in [9.17, 15) is 0 Å². The van der Waals surface area contributed by atoms with E-state index in [1.54, 1.807) is 6.20 Å². The van der Waals surface area contributed by atoms with Crippen molar-refractivity contribution in [1.29, 1.82) is 5.41 Å². The van der Waals surface area contributed by atoms with Crippen molar-refractivity contribution in [3.63, 3.8) is 0 Å². The molecule has 0 radical (unpaired) electrons. The van der Waals surface area contributed by atoms with Gasteiger partial charge >= 0.3 is 0 Å². The lowest BCUT2D eigenvalue weighted by molar-refractivity contribution is 0.325. The van der Waals surface area contributed by atoms with Gasteiger partial charge in [-0.05, 0) is 25.1 Å². The quantitative estimate of drug-likeness (QED) is 0.609. The van der Waals surface area contributed by atoms with E-state index in [1.807, 2.05) is 25.1 Å². The summed E-state index contributed by atoms with van der Waals surface area (Å²) in [5.41, 5.74) is 1.75. The largest absolute Gasteiger partial charge is 0.478 e. The number of halogens is 1. The molecule has 0 saturated carbocycles. The van der Waals surface area contributed by atoms with Gasteiger partial charge in [0.1, 0.15) is 0 Å². The molecule has 80 valence electrons. The summed E-state index contributed by atoms with van der Waals surface area (Å²) in [7, 11) is 0. The summed E-state index contributed by atoms with van der Waals surface area (Å²) in [6.07, 6.45) is 1.73. The molecule has 15 heavy (non-hydrogen) atoms. The molecule has 4 nitrogen and oxygen atoms in total. The third kappa shape index (κ3) is 2.27. The van der Waals surface area contributed by atoms with E-state index in [0.717, 1.165) is 16.5 Å². The Kier molecular flexibility index (Phi) is 3.68. The van der Waals surface area contributed by atoms with Gasteiger partial charge in [-0.1, -0.05) is 0 Å². The minimum absolute atomic E-state index is 0. The van der Waals surface area contributed by atoms with Crippen LogP contribution in [0, 0.1) is 5.41 Å². The van der Waals surface area contributed by atoms with Crippen molar-refractivity contribution < 1.29 is 4.74 Å². The van der Waals surface area contributed by atoms with Crippen LogP contribution in [0.1, 0.15) is 12.5 Å². The second-order valence-electron chi connectivity index (χ2n) is 2.93. The first-order valence-electron chi connectivity index (χ1n) is 4.46. The maximum Gasteiger partial charge on any atom is 0.213 e. The van der Waals surface area contributed by atoms with Crippen LogP contribution in [0.2, 0.25) is 0 Å². The highest BCUT2D eigenvalue weighted by Gasteiger charge is 2.03. The fraction of sp³-hybridized carbons (Fsp3) is 0.200. The number of aromatic amines is 1. The Morgan fingerprint density at radius 1 is 1.53 bits per heavy atom. The van der Waals surface area contributed by atoms with Crippen LogP contribution in [-0.2, 0) is 4.74 Å². The molecule has 0 aliphatic rings. The molecule has 1 aromatic carbocycles. The molecular formula is C10H12ClN3O. The molecule has 0 aliphatic heterocycles. The van der Waals surface area contributed by atoms with E-state index in [1.165, 1.54) is 0 Å². The summed E-state index contributed by atoms with van der Waals surface area (Å²) in [6.45, 7) is 2.38. The van der Waals surface area contributed by atoms with Gasteiger partial charge in [0, 0.05) is 10.9 Å². The molecular weight excluding hydrogens is 214 g/mol. The number of fused-ring (bicyclic) bond motifs is 1. The standard InChI is InChI=1S/C10H11N3O.ClH/c1-2-14-10(11)7-3-4-9-8(5-7)6-12-13-9;/h3-6,11H,2H2,1H3,(H,12,13);1H. The summed E-state index contributed by atoms with van der Waals surface area (Å²) >= 11 is 0. The Balaban J connectivity index is 0.00000112. The van der Waals surface area contributed by atoms with Gasteiger partial charge in [0.25, 0.3) is 0 Å². The minimum atomic E-state index is 0. The van der Waals surface area contributed by atoms with Crippen molar-refractivity contribution in [2.24, 2.45) is 0 Å². The highest BCUT2D eigenvalue weighted by atomic mass is 35.5. The predicted octanol–water partition coefficient (Wildman–Crippen LogP) is 2.35. The fourth-order valence-electron chi connectivity index (χ4n) is 1.31. The van der Waals surface area contributed by atoms with E-state index in [2.05, 4.69) is 10.2 Å². The Morgan fingerprint density at radius 3 is 3.07 bits per heavy atom. The van der Waals surface area contributed by atoms with Crippen LogP contribution < -0.4 is 0 Å². The Morgan fingerprint density at radius 2 is 2.33 bits per heavy atom. The Labute approximate surface area is 93.6 Å². The molecule has 2 aromatic rings. The first-order valence-corrected chi connectivity index (χ1v) is 4.46. The molecule has 1 aromatic heterocycles. The maximum absolute atomic E-state index is 7.61. The van der Waals surface area contributed by atoms with E-state index < -0.39 is 0 Å². The molecule has 0 saturated heterocycles. The van der Waals surface area contributed by atoms with Crippen LogP contribution in [0.15, 0.2) is 24.4 Å². The molecule has 5 heteroatoms. The summed E-state index contributed by atoms with van der Waals surface area (Å²) in [5.74, 6) is 0.204. The third-order valence-corrected chi connectivity index (χ3v) is 1.99. The van der Waals surface area contributed by atoms with Crippen LogP contribution >= 0.6 is 12.4 Å². The van der Waals surface area contributed by atoms with Gasteiger partial charge in [0.15, 0.2) is 0 Å². The zero-order valence-corrected chi connectivity index (χ0v) is 9.10. The first-order chi connectivity index (χ1) is 6.81. The average molecular weight is 226 g/mol. The van der Waals surface area contributed by atoms with Crippen molar-refractivity contribution in [1.82, 2.24) is 10.2 Å². The maximum atomic E-state index is 7.61. The lowest BCUT2D eigenvalue weighted by Crippen LogP contribution is -2.03. The Bertz CT molecular complexity index is 466. The number of hydrogen-bond acceptors (Lipinski definition) is 3. The summed E-state index contributed by atoms with van der Waals surface area (Å²) < 4.78 is 5.11. The number of hydrogen-bond donors (Lipinski definition) is 2. The molecule has 2 N–H and O–H groups in total. The highest BCUT2D eigenvalue weighted by Crippen LogP contribution is 2.13. The lowest BCUT2D eigenvalue weighted by Gasteiger charge is -2.03. The highest BCUT2D eigenvalue weighted by molar-refractivity contribution is 5.95. The van der Waals surface area contributed by atoms with Gasteiger partial charge in [-0.3, -0.25) is 10.5 Å². The molecule has 0 unspecified atom stereocenters. The van der Waals surface area contributed by atoms with Gasteiger partial charge < -0.3 is 4.74 Å². The summed E-state index contributed by atoms with van der Waals surface area (Å²) in [6, 6.07) is 5.63. The van der Waals surface area contributed by atoms with Crippen LogP contribution in [0.4, 0.5) is 0 Å². The van der Waals surface area contributed by atoms with Crippen molar-refractivity contribution in [3.8, 4) is 0 Å². The number of H-pyrrole nitrogens is 1. The van der Waals surface area contributed by atoms with Gasteiger partial charge in [-0.2, -0.15) is 5.10 Å². The van der Waals surface area contributed by atoms with Crippen molar-refractivity contribution >= 4 is 29.2 Å². The number of ether oxygens (including phenoxy) is 1.